The van der Waals surface area contributed by atoms with E-state index in [1.807, 2.05) is 81.5 Å². The van der Waals surface area contributed by atoms with Crippen molar-refractivity contribution in [2.45, 2.75) is 69.9 Å². The molecule has 0 aromatic heterocycles. The Morgan fingerprint density at radius 2 is 1.75 bits per heavy atom. The van der Waals surface area contributed by atoms with Gasteiger partial charge in [0.2, 0.25) is 11.8 Å². The summed E-state index contributed by atoms with van der Waals surface area (Å²) in [4.78, 5) is 62.0. The normalized spacial score (nSPS) is 31.6. The Morgan fingerprint density at radius 3 is 2.48 bits per heavy atom. The van der Waals surface area contributed by atoms with E-state index >= 15 is 4.79 Å². The second-order valence-corrected chi connectivity index (χ2v) is 14.1. The fourth-order valence-corrected chi connectivity index (χ4v) is 8.35. The van der Waals surface area contributed by atoms with Gasteiger partial charge in [-0.1, -0.05) is 70.5 Å². The van der Waals surface area contributed by atoms with Crippen LogP contribution in [-0.2, 0) is 28.7 Å². The van der Waals surface area contributed by atoms with Crippen LogP contribution >= 0.6 is 15.9 Å². The van der Waals surface area contributed by atoms with Gasteiger partial charge in [-0.25, -0.2) is 0 Å². The van der Waals surface area contributed by atoms with Crippen LogP contribution in [0.5, 0.6) is 0 Å². The average molecular weight is 721 g/mol. The van der Waals surface area contributed by atoms with Gasteiger partial charge in [0.05, 0.1) is 12.0 Å². The summed E-state index contributed by atoms with van der Waals surface area (Å²) in [5, 5.41) is 9.78. The van der Waals surface area contributed by atoms with E-state index in [9.17, 15) is 19.5 Å². The van der Waals surface area contributed by atoms with Crippen molar-refractivity contribution in [1.82, 2.24) is 9.80 Å². The Hall–Kier alpha value is -3.80. The van der Waals surface area contributed by atoms with Crippen molar-refractivity contribution < 1.29 is 33.8 Å². The van der Waals surface area contributed by atoms with E-state index in [1.165, 1.54) is 4.90 Å². The molecule has 0 saturated carbocycles. The number of carbonyl (C=O) groups excluding carboxylic acids is 4. The molecule has 5 bridgehead atoms. The number of allylic oxidation sites excluding steroid dienone is 1. The van der Waals surface area contributed by atoms with E-state index in [0.29, 0.717) is 22.2 Å². The maximum atomic E-state index is 15.0. The fraction of sp³-hybridized carbons (Fsp3) is 0.459. The van der Waals surface area contributed by atoms with Crippen LogP contribution in [0.1, 0.15) is 49.0 Å². The van der Waals surface area contributed by atoms with Crippen LogP contribution in [0.25, 0.3) is 0 Å². The van der Waals surface area contributed by atoms with Crippen LogP contribution in [0.15, 0.2) is 71.2 Å². The lowest BCUT2D eigenvalue weighted by molar-refractivity contribution is -0.164. The zero-order valence-electron chi connectivity index (χ0n) is 27.7. The molecule has 2 fully saturated rings. The van der Waals surface area contributed by atoms with Gasteiger partial charge in [-0.15, -0.1) is 0 Å². The number of esters is 1. The summed E-state index contributed by atoms with van der Waals surface area (Å²) in [5.41, 5.74) is 1.81. The minimum Gasteiger partial charge on any atom is -0.455 e. The first-order valence-corrected chi connectivity index (χ1v) is 17.3. The van der Waals surface area contributed by atoms with Crippen LogP contribution in [0.4, 0.5) is 5.69 Å². The van der Waals surface area contributed by atoms with E-state index in [2.05, 4.69) is 15.9 Å². The lowest BCUT2D eigenvalue weighted by atomic mass is 9.74. The molecule has 7 atom stereocenters. The Bertz CT molecular complexity index is 1660. The predicted molar refractivity (Wildman–Crippen MR) is 183 cm³/mol. The highest BCUT2D eigenvalue weighted by Gasteiger charge is 2.75. The molecule has 11 heteroatoms. The topological polar surface area (TPSA) is 117 Å². The smallest absolute Gasteiger partial charge is 0.313 e. The number of carbonyl (C=O) groups is 4. The summed E-state index contributed by atoms with van der Waals surface area (Å²) in [5.74, 6) is -3.57. The van der Waals surface area contributed by atoms with Gasteiger partial charge in [-0.05, 0) is 62.4 Å². The molecule has 2 aromatic carbocycles. The number of ether oxygens (including phenoxy) is 2. The van der Waals surface area contributed by atoms with Gasteiger partial charge in [-0.3, -0.25) is 19.2 Å². The molecule has 1 N–H and O–H groups in total. The maximum absolute atomic E-state index is 15.0. The number of nitrogens with zero attached hydrogens (tertiary/aromatic N) is 3. The minimum absolute atomic E-state index is 0.109. The lowest BCUT2D eigenvalue weighted by Crippen LogP contribution is -2.56. The van der Waals surface area contributed by atoms with Crippen LogP contribution in [0, 0.1) is 25.7 Å². The number of hydrogen-bond acceptors (Lipinski definition) is 7. The lowest BCUT2D eigenvalue weighted by Gasteiger charge is -2.36. The van der Waals surface area contributed by atoms with Crippen LogP contribution in [-0.4, -0.2) is 89.1 Å². The van der Waals surface area contributed by atoms with Gasteiger partial charge in [0.15, 0.2) is 0 Å². The quantitative estimate of drug-likeness (QED) is 0.361. The van der Waals surface area contributed by atoms with Crippen molar-refractivity contribution in [2.75, 3.05) is 31.6 Å². The van der Waals surface area contributed by atoms with Gasteiger partial charge >= 0.3 is 5.97 Å². The Kier molecular flexibility index (Phi) is 9.66. The van der Waals surface area contributed by atoms with Gasteiger partial charge in [0, 0.05) is 43.3 Å². The molecule has 2 saturated heterocycles. The number of fused-ring (bicyclic) bond motifs is 2. The Balaban J connectivity index is 1.49. The molecular formula is C37H42BrN3O7. The monoisotopic (exact) mass is 719 g/mol. The summed E-state index contributed by atoms with van der Waals surface area (Å²) >= 11 is 3.61. The maximum Gasteiger partial charge on any atom is 0.313 e. The highest BCUT2D eigenvalue weighted by atomic mass is 79.9. The fourth-order valence-electron chi connectivity index (χ4n) is 7.61. The van der Waals surface area contributed by atoms with Gasteiger partial charge < -0.3 is 29.3 Å². The second kappa shape index (κ2) is 13.6. The van der Waals surface area contributed by atoms with Crippen molar-refractivity contribution in [3.63, 3.8) is 0 Å². The highest BCUT2D eigenvalue weighted by molar-refractivity contribution is 9.11. The van der Waals surface area contributed by atoms with Gasteiger partial charge in [0.1, 0.15) is 29.8 Å². The first kappa shape index (κ1) is 34.1. The molecule has 4 aliphatic heterocycles. The second-order valence-electron chi connectivity index (χ2n) is 13.2. The van der Waals surface area contributed by atoms with E-state index in [1.54, 1.807) is 22.9 Å². The summed E-state index contributed by atoms with van der Waals surface area (Å²) < 4.78 is 13.5. The number of likely N-dealkylation sites (N-methyl/N-ethyl adjacent to an activating group) is 1. The van der Waals surface area contributed by atoms with E-state index < -0.39 is 53.6 Å². The molecule has 0 radical (unpaired) electrons. The minimum atomic E-state index is -1.44. The molecule has 6 rings (SSSR count). The first-order valence-electron chi connectivity index (χ1n) is 16.5. The number of rotatable bonds is 5. The number of cyclic esters (lactones) is 1. The van der Waals surface area contributed by atoms with E-state index in [4.69, 9.17) is 9.47 Å². The first-order chi connectivity index (χ1) is 23.0. The molecule has 3 amide bonds. The molecule has 48 heavy (non-hydrogen) atoms. The summed E-state index contributed by atoms with van der Waals surface area (Å²) in [6.07, 6.45) is 4.82. The standard InChI is InChI=1S/C37H42BrN3O7/c1-22-15-16-23(2)27(20-22)40-17-10-6-9-14-28(43)39(4)24(3)31(25-12-7-5-8-13-25)47-36(46)29-30-34(44)41(18-11-19-42)33(35(40)45)37(30)21-26(38)32(29)48-37/h5-8,10,12-13,15-16,20-21,24,29-33,42H,9,11,14,17-19H2,1-4H3/b10-6-/t24-,29+,30-,31+,32+,33+,37-/m0/s1. The number of aliphatic hydroxyl groups excluding tert-OH is 1. The third-order valence-electron chi connectivity index (χ3n) is 10.2. The summed E-state index contributed by atoms with van der Waals surface area (Å²) in [6.45, 7) is 5.85. The number of likely N-dealkylation sites (tertiary alicyclic amines) is 1. The van der Waals surface area contributed by atoms with Crippen molar-refractivity contribution in [3.05, 3.63) is 87.9 Å². The van der Waals surface area contributed by atoms with Gasteiger partial charge in [-0.2, -0.15) is 0 Å². The average Bonchev–Trinajstić information content (AvgIpc) is 3.67. The Morgan fingerprint density at radius 1 is 1.00 bits per heavy atom. The number of anilines is 1. The SMILES string of the molecule is Cc1ccc(C)c(N2C/C=C\CCC(=O)N(C)[C@@H](C)[C@H](c3ccccc3)OC(=O)[C@H]3[C@@H]4O[C@@]5(C=C4Br)[C@@H]3C(=O)N(CCCO)[C@@H]5C2=O)c1. The van der Waals surface area contributed by atoms with Crippen LogP contribution < -0.4 is 4.90 Å². The van der Waals surface area contributed by atoms with Crippen LogP contribution in [0.3, 0.4) is 0 Å². The third-order valence-corrected chi connectivity index (χ3v) is 10.9. The number of aryl methyl sites for hydroxylation is 2. The number of hydrogen-bond donors (Lipinski definition) is 1. The molecule has 2 aromatic rings. The molecular weight excluding hydrogens is 678 g/mol. The summed E-state index contributed by atoms with van der Waals surface area (Å²) in [6, 6.07) is 13.5. The number of halogens is 1. The van der Waals surface area contributed by atoms with E-state index in [-0.39, 0.29) is 44.4 Å². The molecule has 254 valence electrons. The molecule has 4 aliphatic rings. The number of benzene rings is 2. The zero-order chi connectivity index (χ0) is 34.3. The van der Waals surface area contributed by atoms with Crippen molar-refractivity contribution in [2.24, 2.45) is 11.8 Å². The van der Waals surface area contributed by atoms with Gasteiger partial charge in [0.25, 0.3) is 5.91 Å². The third kappa shape index (κ3) is 5.79. The zero-order valence-corrected chi connectivity index (χ0v) is 29.3. The molecule has 1 spiro atoms. The number of aliphatic hydroxyl groups is 1. The van der Waals surface area contributed by atoms with Crippen molar-refractivity contribution in [3.8, 4) is 0 Å². The number of amides is 3. The highest BCUT2D eigenvalue weighted by Crippen LogP contribution is 2.59. The molecule has 4 heterocycles. The molecule has 10 nitrogen and oxygen atoms in total. The Labute approximate surface area is 289 Å². The largest absolute Gasteiger partial charge is 0.455 e. The molecule has 0 unspecified atom stereocenters. The predicted octanol–water partition coefficient (Wildman–Crippen LogP) is 4.37. The van der Waals surface area contributed by atoms with Crippen LogP contribution in [0.2, 0.25) is 0 Å². The van der Waals surface area contributed by atoms with E-state index in [0.717, 1.165) is 11.1 Å². The van der Waals surface area contributed by atoms with Crippen molar-refractivity contribution >= 4 is 45.3 Å². The molecule has 0 aliphatic carbocycles. The van der Waals surface area contributed by atoms with Crippen molar-refractivity contribution in [1.29, 1.82) is 0 Å². The summed E-state index contributed by atoms with van der Waals surface area (Å²) in [7, 11) is 1.70.